The minimum atomic E-state index is -3.45. The van der Waals surface area contributed by atoms with Gasteiger partial charge in [-0.1, -0.05) is 0 Å². The van der Waals surface area contributed by atoms with Crippen LogP contribution in [0.5, 0.6) is 0 Å². The number of hydrogen-bond donors (Lipinski definition) is 2. The first-order valence-corrected chi connectivity index (χ1v) is 7.81. The zero-order valence-corrected chi connectivity index (χ0v) is 11.8. The Morgan fingerprint density at radius 1 is 1.53 bits per heavy atom. The summed E-state index contributed by atoms with van der Waals surface area (Å²) in [7, 11) is -3.45. The summed E-state index contributed by atoms with van der Waals surface area (Å²) in [5.74, 6) is 0.597. The monoisotopic (exact) mass is 288 g/mol. The van der Waals surface area contributed by atoms with E-state index in [-0.39, 0.29) is 11.1 Å². The van der Waals surface area contributed by atoms with Crippen LogP contribution < -0.4 is 5.73 Å². The summed E-state index contributed by atoms with van der Waals surface area (Å²) >= 11 is 0. The maximum absolute atomic E-state index is 12.3. The molecule has 1 saturated heterocycles. The lowest BCUT2D eigenvalue weighted by Gasteiger charge is -2.30. The summed E-state index contributed by atoms with van der Waals surface area (Å²) in [6.45, 7) is 3.68. The van der Waals surface area contributed by atoms with Crippen LogP contribution in [0.25, 0.3) is 0 Å². The van der Waals surface area contributed by atoms with E-state index in [1.54, 1.807) is 6.92 Å². The fraction of sp³-hybridized carbons (Fsp3) is 0.727. The Hall–Kier alpha value is -0.960. The van der Waals surface area contributed by atoms with Crippen molar-refractivity contribution in [1.29, 1.82) is 0 Å². The van der Waals surface area contributed by atoms with E-state index in [1.165, 1.54) is 10.5 Å². The minimum absolute atomic E-state index is 0.110. The second-order valence-corrected chi connectivity index (χ2v) is 6.50. The average Bonchev–Trinajstić information content (AvgIpc) is 2.84. The van der Waals surface area contributed by atoms with Crippen LogP contribution >= 0.6 is 0 Å². The van der Waals surface area contributed by atoms with Gasteiger partial charge in [-0.05, 0) is 19.8 Å². The maximum Gasteiger partial charge on any atom is 0.260 e. The van der Waals surface area contributed by atoms with Crippen molar-refractivity contribution in [1.82, 2.24) is 14.3 Å². The van der Waals surface area contributed by atoms with Crippen LogP contribution in [0.2, 0.25) is 0 Å². The number of nitrogens with zero attached hydrogens (tertiary/aromatic N) is 2. The number of rotatable bonds is 5. The zero-order chi connectivity index (χ0) is 13.9. The van der Waals surface area contributed by atoms with Crippen LogP contribution in [-0.4, -0.2) is 55.0 Å². The number of nitrogens with one attached hydrogen (secondary N) is 1. The molecule has 1 aliphatic rings. The lowest BCUT2D eigenvalue weighted by atomic mass is 10.1. The molecule has 0 bridgehead atoms. The molecule has 3 N–H and O–H groups in total. The predicted octanol–water partition coefficient (Wildman–Crippen LogP) is -0.153. The van der Waals surface area contributed by atoms with Crippen molar-refractivity contribution >= 4 is 10.0 Å². The molecule has 108 valence electrons. The van der Waals surface area contributed by atoms with Crippen molar-refractivity contribution in [3.63, 3.8) is 0 Å². The van der Waals surface area contributed by atoms with Crippen LogP contribution in [0.15, 0.2) is 11.2 Å². The van der Waals surface area contributed by atoms with Crippen LogP contribution in [-0.2, 0) is 14.8 Å². The van der Waals surface area contributed by atoms with Gasteiger partial charge in [0.15, 0.2) is 5.03 Å². The van der Waals surface area contributed by atoms with Crippen LogP contribution in [0.1, 0.15) is 18.7 Å². The van der Waals surface area contributed by atoms with Crippen LogP contribution in [0.4, 0.5) is 0 Å². The predicted molar refractivity (Wildman–Crippen MR) is 70.1 cm³/mol. The number of nitrogens with two attached hydrogens (primary N) is 1. The third kappa shape index (κ3) is 3.33. The van der Waals surface area contributed by atoms with Gasteiger partial charge in [-0.25, -0.2) is 13.4 Å². The van der Waals surface area contributed by atoms with Gasteiger partial charge in [0.1, 0.15) is 5.82 Å². The Bertz CT molecular complexity index is 506. The van der Waals surface area contributed by atoms with Gasteiger partial charge in [-0.3, -0.25) is 0 Å². The second-order valence-electron chi connectivity index (χ2n) is 4.60. The highest BCUT2D eigenvalue weighted by Gasteiger charge is 2.30. The van der Waals surface area contributed by atoms with Gasteiger partial charge in [0.2, 0.25) is 0 Å². The summed E-state index contributed by atoms with van der Waals surface area (Å²) in [5.41, 5.74) is 5.38. The summed E-state index contributed by atoms with van der Waals surface area (Å²) in [4.78, 5) is 6.70. The third-order valence-corrected chi connectivity index (χ3v) is 4.98. The van der Waals surface area contributed by atoms with E-state index in [1.807, 2.05) is 0 Å². The Labute approximate surface area is 113 Å². The van der Waals surface area contributed by atoms with E-state index in [2.05, 4.69) is 9.97 Å². The Morgan fingerprint density at radius 3 is 2.74 bits per heavy atom. The number of ether oxygens (including phenoxy) is 1. The van der Waals surface area contributed by atoms with Crippen molar-refractivity contribution in [2.45, 2.75) is 30.9 Å². The van der Waals surface area contributed by atoms with E-state index in [0.29, 0.717) is 44.9 Å². The number of aromatic amines is 1. The molecule has 19 heavy (non-hydrogen) atoms. The van der Waals surface area contributed by atoms with Gasteiger partial charge in [0, 0.05) is 19.6 Å². The molecule has 2 rings (SSSR count). The van der Waals surface area contributed by atoms with Gasteiger partial charge >= 0.3 is 0 Å². The van der Waals surface area contributed by atoms with Gasteiger partial charge < -0.3 is 15.5 Å². The van der Waals surface area contributed by atoms with E-state index >= 15 is 0 Å². The molecular weight excluding hydrogens is 268 g/mol. The molecule has 0 atom stereocenters. The topological polar surface area (TPSA) is 101 Å². The van der Waals surface area contributed by atoms with Crippen molar-refractivity contribution in [3.8, 4) is 0 Å². The molecule has 0 aromatic carbocycles. The Morgan fingerprint density at radius 2 is 2.21 bits per heavy atom. The van der Waals surface area contributed by atoms with Crippen molar-refractivity contribution in [2.75, 3.05) is 26.2 Å². The standard InChI is InChI=1S/C11H20N4O3S/c1-9-13-8-11(14-9)19(16,17)15-5-2-10(3-6-15)18-7-4-12/h8,10H,2-7,12H2,1H3,(H,13,14). The molecule has 1 aromatic heterocycles. The first-order valence-electron chi connectivity index (χ1n) is 6.37. The van der Waals surface area contributed by atoms with Crippen LogP contribution in [0.3, 0.4) is 0 Å². The average molecular weight is 288 g/mol. The van der Waals surface area contributed by atoms with E-state index in [9.17, 15) is 8.42 Å². The lowest BCUT2D eigenvalue weighted by Crippen LogP contribution is -2.41. The summed E-state index contributed by atoms with van der Waals surface area (Å²) < 4.78 is 31.6. The molecule has 0 unspecified atom stereocenters. The molecule has 0 radical (unpaired) electrons. The maximum atomic E-state index is 12.3. The van der Waals surface area contributed by atoms with E-state index in [4.69, 9.17) is 10.5 Å². The molecule has 1 aromatic rings. The smallest absolute Gasteiger partial charge is 0.260 e. The molecule has 0 saturated carbocycles. The fourth-order valence-corrected chi connectivity index (χ4v) is 3.57. The van der Waals surface area contributed by atoms with Crippen LogP contribution in [0, 0.1) is 6.92 Å². The van der Waals surface area contributed by atoms with Crippen molar-refractivity contribution in [3.05, 3.63) is 12.0 Å². The van der Waals surface area contributed by atoms with Gasteiger partial charge in [0.25, 0.3) is 10.0 Å². The highest BCUT2D eigenvalue weighted by Crippen LogP contribution is 2.20. The molecule has 7 nitrogen and oxygen atoms in total. The van der Waals surface area contributed by atoms with Crippen molar-refractivity contribution < 1.29 is 13.2 Å². The summed E-state index contributed by atoms with van der Waals surface area (Å²) in [6.07, 6.45) is 2.87. The lowest BCUT2D eigenvalue weighted by molar-refractivity contribution is 0.0257. The van der Waals surface area contributed by atoms with Gasteiger partial charge in [-0.2, -0.15) is 4.31 Å². The molecule has 0 aliphatic carbocycles. The SMILES string of the molecule is Cc1ncc(S(=O)(=O)N2CCC(OCCN)CC2)[nH]1. The molecule has 1 fully saturated rings. The Kier molecular flexibility index (Phi) is 4.56. The third-order valence-electron chi connectivity index (χ3n) is 3.17. The minimum Gasteiger partial charge on any atom is -0.377 e. The fourth-order valence-electron chi connectivity index (χ4n) is 2.14. The first-order chi connectivity index (χ1) is 9.04. The summed E-state index contributed by atoms with van der Waals surface area (Å²) in [5, 5.41) is 0.159. The summed E-state index contributed by atoms with van der Waals surface area (Å²) in [6, 6.07) is 0. The molecule has 8 heteroatoms. The van der Waals surface area contributed by atoms with Gasteiger partial charge in [0.05, 0.1) is 18.9 Å². The van der Waals surface area contributed by atoms with E-state index in [0.717, 1.165) is 0 Å². The second kappa shape index (κ2) is 6.00. The number of imidazole rings is 1. The largest absolute Gasteiger partial charge is 0.377 e. The number of H-pyrrole nitrogens is 1. The highest BCUT2D eigenvalue weighted by molar-refractivity contribution is 7.89. The molecule has 2 heterocycles. The van der Waals surface area contributed by atoms with Crippen molar-refractivity contribution in [2.24, 2.45) is 5.73 Å². The molecule has 0 spiro atoms. The zero-order valence-electron chi connectivity index (χ0n) is 11.0. The van der Waals surface area contributed by atoms with Gasteiger partial charge in [-0.15, -0.1) is 0 Å². The number of piperidine rings is 1. The quantitative estimate of drug-likeness (QED) is 0.784. The Balaban J connectivity index is 1.97. The normalized spacial score (nSPS) is 18.8. The number of sulfonamides is 1. The highest BCUT2D eigenvalue weighted by atomic mass is 32.2. The number of hydrogen-bond acceptors (Lipinski definition) is 5. The number of aromatic nitrogens is 2. The first kappa shape index (κ1) is 14.4. The van der Waals surface area contributed by atoms with E-state index < -0.39 is 10.0 Å². The molecular formula is C11H20N4O3S. The molecule has 1 aliphatic heterocycles. The number of aryl methyl sites for hydroxylation is 1. The molecule has 0 amide bonds.